The van der Waals surface area contributed by atoms with E-state index in [4.69, 9.17) is 5.73 Å². The molecule has 1 aromatic rings. The van der Waals surface area contributed by atoms with E-state index in [0.29, 0.717) is 22.7 Å². The first-order chi connectivity index (χ1) is 9.96. The average molecular weight is 329 g/mol. The van der Waals surface area contributed by atoms with Crippen LogP contribution in [0.1, 0.15) is 25.7 Å². The Morgan fingerprint density at radius 2 is 2.10 bits per heavy atom. The second-order valence-corrected chi connectivity index (χ2v) is 8.35. The van der Waals surface area contributed by atoms with E-state index in [9.17, 15) is 8.42 Å². The average Bonchev–Trinajstić information content (AvgIpc) is 2.49. The fourth-order valence-corrected chi connectivity index (χ4v) is 4.24. The molecule has 0 heterocycles. The number of nitrogens with two attached hydrogens (primary N) is 1. The normalized spacial score (nSPS) is 23.0. The molecular formula is C14H23N3O2S2. The van der Waals surface area contributed by atoms with Crippen molar-refractivity contribution in [3.05, 3.63) is 18.2 Å². The molecule has 1 fully saturated rings. The highest BCUT2D eigenvalue weighted by Crippen LogP contribution is 2.31. The van der Waals surface area contributed by atoms with Crippen molar-refractivity contribution >= 4 is 33.2 Å². The maximum absolute atomic E-state index is 11.9. The van der Waals surface area contributed by atoms with Gasteiger partial charge < -0.3 is 11.1 Å². The van der Waals surface area contributed by atoms with Crippen LogP contribution in [0.3, 0.4) is 0 Å². The summed E-state index contributed by atoms with van der Waals surface area (Å²) in [6.45, 7) is 0. The lowest BCUT2D eigenvalue weighted by Crippen LogP contribution is -2.29. The van der Waals surface area contributed by atoms with Crippen molar-refractivity contribution in [1.29, 1.82) is 0 Å². The van der Waals surface area contributed by atoms with Gasteiger partial charge in [0, 0.05) is 11.3 Å². The predicted molar refractivity (Wildman–Crippen MR) is 90.3 cm³/mol. The lowest BCUT2D eigenvalue weighted by molar-refractivity contribution is 0.474. The van der Waals surface area contributed by atoms with E-state index >= 15 is 0 Å². The van der Waals surface area contributed by atoms with Crippen LogP contribution < -0.4 is 15.8 Å². The summed E-state index contributed by atoms with van der Waals surface area (Å²) >= 11 is 1.90. The zero-order chi connectivity index (χ0) is 15.5. The van der Waals surface area contributed by atoms with Crippen LogP contribution in [0.4, 0.5) is 11.4 Å². The van der Waals surface area contributed by atoms with Gasteiger partial charge >= 0.3 is 0 Å². The van der Waals surface area contributed by atoms with Gasteiger partial charge in [0.1, 0.15) is 0 Å². The molecule has 2 atom stereocenters. The number of rotatable bonds is 5. The molecule has 4 N–H and O–H groups in total. The summed E-state index contributed by atoms with van der Waals surface area (Å²) < 4.78 is 26.1. The molecular weight excluding hydrogens is 306 g/mol. The lowest BCUT2D eigenvalue weighted by Gasteiger charge is -2.30. The first kappa shape index (κ1) is 16.5. The van der Waals surface area contributed by atoms with Gasteiger partial charge in [-0.1, -0.05) is 6.42 Å². The molecule has 1 saturated carbocycles. The van der Waals surface area contributed by atoms with E-state index in [1.807, 2.05) is 11.8 Å². The van der Waals surface area contributed by atoms with E-state index in [-0.39, 0.29) is 4.90 Å². The molecule has 0 saturated heterocycles. The van der Waals surface area contributed by atoms with Gasteiger partial charge in [0.15, 0.2) is 0 Å². The summed E-state index contributed by atoms with van der Waals surface area (Å²) in [4.78, 5) is 0.235. The molecule has 0 aromatic heterocycles. The third-order valence-corrected chi connectivity index (χ3v) is 6.43. The van der Waals surface area contributed by atoms with Crippen LogP contribution in [0.15, 0.2) is 23.1 Å². The van der Waals surface area contributed by atoms with Gasteiger partial charge in [0.2, 0.25) is 10.0 Å². The number of hydrogen-bond acceptors (Lipinski definition) is 5. The lowest BCUT2D eigenvalue weighted by atomic mass is 9.94. The molecule has 1 aliphatic carbocycles. The zero-order valence-corrected chi connectivity index (χ0v) is 14.1. The first-order valence-corrected chi connectivity index (χ1v) is 9.85. The molecule has 0 spiro atoms. The highest BCUT2D eigenvalue weighted by Gasteiger charge is 2.22. The standard InChI is InChI=1S/C14H23N3O2S2/c1-16-21(18,19)12-6-7-13(15)14(9-12)17-10-4-3-5-11(8-10)20-2/h6-7,9-11,16-17H,3-5,8,15H2,1-2H3. The Balaban J connectivity index is 2.18. The molecule has 21 heavy (non-hydrogen) atoms. The summed E-state index contributed by atoms with van der Waals surface area (Å²) in [6, 6.07) is 5.13. The third-order valence-electron chi connectivity index (χ3n) is 3.92. The van der Waals surface area contributed by atoms with Gasteiger partial charge in [0.25, 0.3) is 0 Å². The van der Waals surface area contributed by atoms with Crippen LogP contribution >= 0.6 is 11.8 Å². The molecule has 0 radical (unpaired) electrons. The van der Waals surface area contributed by atoms with E-state index in [1.54, 1.807) is 12.1 Å². The molecule has 5 nitrogen and oxygen atoms in total. The monoisotopic (exact) mass is 329 g/mol. The van der Waals surface area contributed by atoms with Crippen LogP contribution in [-0.2, 0) is 10.0 Å². The Labute approximate surface area is 131 Å². The second kappa shape index (κ2) is 6.89. The summed E-state index contributed by atoms with van der Waals surface area (Å²) in [5.41, 5.74) is 7.26. The van der Waals surface area contributed by atoms with Crippen LogP contribution in [0.25, 0.3) is 0 Å². The van der Waals surface area contributed by atoms with Gasteiger partial charge in [-0.25, -0.2) is 13.1 Å². The maximum atomic E-state index is 11.9. The minimum absolute atomic E-state index is 0.235. The molecule has 1 aromatic carbocycles. The highest BCUT2D eigenvalue weighted by atomic mass is 32.2. The van der Waals surface area contributed by atoms with Crippen LogP contribution in [0.2, 0.25) is 0 Å². The van der Waals surface area contributed by atoms with Crippen molar-refractivity contribution in [2.24, 2.45) is 0 Å². The SMILES string of the molecule is CNS(=O)(=O)c1ccc(N)c(NC2CCCC(SC)C2)c1. The fraction of sp³-hybridized carbons (Fsp3) is 0.571. The number of hydrogen-bond donors (Lipinski definition) is 3. The van der Waals surface area contributed by atoms with E-state index in [0.717, 1.165) is 12.8 Å². The van der Waals surface area contributed by atoms with E-state index < -0.39 is 10.0 Å². The molecule has 0 aliphatic heterocycles. The van der Waals surface area contributed by atoms with Gasteiger partial charge in [-0.05, 0) is 50.8 Å². The van der Waals surface area contributed by atoms with Crippen LogP contribution in [-0.4, -0.2) is 33.0 Å². The molecule has 2 rings (SSSR count). The predicted octanol–water partition coefficient (Wildman–Crippen LogP) is 2.26. The number of benzene rings is 1. The molecule has 0 amide bonds. The maximum Gasteiger partial charge on any atom is 0.240 e. The number of sulfonamides is 1. The summed E-state index contributed by atoms with van der Waals surface area (Å²) in [6.07, 6.45) is 6.77. The number of thioether (sulfide) groups is 1. The van der Waals surface area contributed by atoms with Crippen molar-refractivity contribution in [2.75, 3.05) is 24.4 Å². The summed E-state index contributed by atoms with van der Waals surface area (Å²) in [5.74, 6) is 0. The van der Waals surface area contributed by atoms with Gasteiger partial charge in [-0.3, -0.25) is 0 Å². The number of anilines is 2. The Bertz CT molecular complexity index is 590. The van der Waals surface area contributed by atoms with Crippen molar-refractivity contribution < 1.29 is 8.42 Å². The van der Waals surface area contributed by atoms with Crippen molar-refractivity contribution in [3.63, 3.8) is 0 Å². The van der Waals surface area contributed by atoms with Crippen LogP contribution in [0.5, 0.6) is 0 Å². The summed E-state index contributed by atoms with van der Waals surface area (Å²) in [7, 11) is -2.04. The van der Waals surface area contributed by atoms with Crippen molar-refractivity contribution in [1.82, 2.24) is 4.72 Å². The van der Waals surface area contributed by atoms with Crippen molar-refractivity contribution in [3.8, 4) is 0 Å². The number of nitrogens with one attached hydrogen (secondary N) is 2. The Morgan fingerprint density at radius 1 is 1.33 bits per heavy atom. The molecule has 118 valence electrons. The molecule has 2 unspecified atom stereocenters. The van der Waals surface area contributed by atoms with E-state index in [2.05, 4.69) is 16.3 Å². The zero-order valence-electron chi connectivity index (χ0n) is 12.4. The Morgan fingerprint density at radius 3 is 2.76 bits per heavy atom. The molecule has 0 bridgehead atoms. The molecule has 1 aliphatic rings. The molecule has 7 heteroatoms. The summed E-state index contributed by atoms with van der Waals surface area (Å²) in [5, 5.41) is 4.09. The Hall–Kier alpha value is -0.920. The van der Waals surface area contributed by atoms with Gasteiger partial charge in [-0.15, -0.1) is 0 Å². The minimum Gasteiger partial charge on any atom is -0.397 e. The minimum atomic E-state index is -3.44. The van der Waals surface area contributed by atoms with Gasteiger partial charge in [0.05, 0.1) is 16.3 Å². The van der Waals surface area contributed by atoms with Crippen LogP contribution in [0, 0.1) is 0 Å². The topological polar surface area (TPSA) is 84.2 Å². The van der Waals surface area contributed by atoms with Crippen molar-refractivity contribution in [2.45, 2.75) is 41.9 Å². The largest absolute Gasteiger partial charge is 0.397 e. The third kappa shape index (κ3) is 4.05. The smallest absolute Gasteiger partial charge is 0.240 e. The highest BCUT2D eigenvalue weighted by molar-refractivity contribution is 7.99. The second-order valence-electron chi connectivity index (χ2n) is 5.32. The Kier molecular flexibility index (Phi) is 5.40. The first-order valence-electron chi connectivity index (χ1n) is 7.08. The van der Waals surface area contributed by atoms with E-state index in [1.165, 1.54) is 26.0 Å². The van der Waals surface area contributed by atoms with Gasteiger partial charge in [-0.2, -0.15) is 11.8 Å². The quantitative estimate of drug-likeness (QED) is 0.722. The number of nitrogen functional groups attached to an aromatic ring is 1. The fourth-order valence-electron chi connectivity index (χ4n) is 2.66.